The highest BCUT2D eigenvalue weighted by atomic mass is 127. The Kier molecular flexibility index (Phi) is 56.5. The summed E-state index contributed by atoms with van der Waals surface area (Å²) in [6.45, 7) is 34.1. The van der Waals surface area contributed by atoms with E-state index in [2.05, 4.69) is 83.5 Å². The minimum atomic E-state index is -1.46. The normalized spacial score (nSPS) is 11.3. The number of para-hydroxylation sites is 1. The number of aliphatic hydroxyl groups is 3. The predicted octanol–water partition coefficient (Wildman–Crippen LogP) is 14.4. The lowest BCUT2D eigenvalue weighted by Gasteiger charge is -2.35. The van der Waals surface area contributed by atoms with Crippen LogP contribution in [0.4, 0.5) is 20.1 Å². The van der Waals surface area contributed by atoms with Crippen molar-refractivity contribution in [3.05, 3.63) is 164 Å². The summed E-state index contributed by atoms with van der Waals surface area (Å²) in [5.74, 6) is 6.54. The molecule has 0 heterocycles. The van der Waals surface area contributed by atoms with Crippen LogP contribution in [-0.2, 0) is 25.1 Å². The fraction of sp³-hybridized carbons (Fsp3) is 0.443. The van der Waals surface area contributed by atoms with E-state index in [4.69, 9.17) is 108 Å². The van der Waals surface area contributed by atoms with Gasteiger partial charge in [-0.05, 0) is 253 Å². The molecule has 6 aromatic rings. The van der Waals surface area contributed by atoms with Crippen molar-refractivity contribution in [1.29, 1.82) is 0 Å². The highest BCUT2D eigenvalue weighted by molar-refractivity contribution is 14.1. The molecule has 0 aliphatic heterocycles. The van der Waals surface area contributed by atoms with E-state index < -0.39 is 85.0 Å². The summed E-state index contributed by atoms with van der Waals surface area (Å²) in [5.41, 5.74) is 27.8. The lowest BCUT2D eigenvalue weighted by molar-refractivity contribution is 0.0492. The van der Waals surface area contributed by atoms with Crippen molar-refractivity contribution in [1.82, 2.24) is 16.0 Å². The minimum Gasteiger partial charge on any atom is -0.507 e. The van der Waals surface area contributed by atoms with Crippen LogP contribution in [0.3, 0.4) is 0 Å². The van der Waals surface area contributed by atoms with Crippen LogP contribution in [-0.4, -0.2) is 194 Å². The number of carboxylic acids is 2. The van der Waals surface area contributed by atoms with Gasteiger partial charge in [-0.2, -0.15) is 0 Å². The number of carboxylic acid groups (broad SMARTS) is 2. The number of alkyl halides is 1. The third kappa shape index (κ3) is 48.1. The standard InChI is InChI=1S/C19H30N2O5.C19H26N2O5.C10H17NO2.C9H10INO3.C8H19BrOSi.C8H7IO3.C8H9NO3.C7H6INO2/c2*1-5-13(21-18(24)26-19(2,3)4)9-10-14-15(17(20)23)7-6-8-16(14)25-12-11-22;1-6-8(7-2)11-9(12)13-10(3,4)5;10-8-6(9(11)13)2-1-3-7(8)14-5-4-12;1-8(2,3)11(4,5)10-7-6-9;2*1-12-6-4-2-3-5(7(6)9)8(10)11;8-6-4(7(9)11)2-1-3-5(6)10/h6-8,13,22H,5,9-12H2,1-4H3,(H2,20,23)(H,21,24);6-8,13,22H,5,11-12H2,1-4H3,(H2,20,23)(H,21,24);1,8H,7H2,2-5H3,(H,11,12);1-3,12H,4-5H2,(H2,11,13);6-7H2,1-5H3;2-4H,1H3,(H,10,11);2-4H,9H2,1H3,(H,10,11);1-3,10H,(H2,9,11)/t2*13-;8-;;;;;/m110...../s1. The number of hydrogen-bond donors (Lipinski definition) is 14. The third-order valence-electron chi connectivity index (χ3n) is 16.2. The molecule has 0 aliphatic carbocycles. The number of ether oxygens (including phenoxy) is 8. The van der Waals surface area contributed by atoms with Crippen LogP contribution in [0.2, 0.25) is 18.1 Å². The van der Waals surface area contributed by atoms with Crippen molar-refractivity contribution in [2.24, 2.45) is 22.9 Å². The summed E-state index contributed by atoms with van der Waals surface area (Å²) in [6.07, 6.45) is 6.72. The molecule has 0 bridgehead atoms. The number of aromatic hydroxyl groups is 1. The topological polar surface area (TPSA) is 524 Å². The Hall–Kier alpha value is -9.60. The minimum absolute atomic E-state index is 0.0587. The van der Waals surface area contributed by atoms with Gasteiger partial charge >= 0.3 is 30.2 Å². The zero-order chi connectivity index (χ0) is 96.3. The highest BCUT2D eigenvalue weighted by Gasteiger charge is 2.37. The van der Waals surface area contributed by atoms with E-state index in [1.165, 1.54) is 26.4 Å². The predicted molar refractivity (Wildman–Crippen MR) is 513 cm³/mol. The molecule has 692 valence electrons. The number of benzene rings is 6. The first-order valence-electron chi connectivity index (χ1n) is 39.0. The van der Waals surface area contributed by atoms with Gasteiger partial charge < -0.3 is 118 Å². The zero-order valence-corrected chi connectivity index (χ0v) is 83.4. The number of rotatable bonds is 29. The molecule has 6 rings (SSSR count). The molecule has 0 fully saturated rings. The van der Waals surface area contributed by atoms with Crippen LogP contribution in [0.25, 0.3) is 0 Å². The number of anilines is 1. The Labute approximate surface area is 783 Å². The Morgan fingerprint density at radius 2 is 0.856 bits per heavy atom. The van der Waals surface area contributed by atoms with Gasteiger partial charge in [0.05, 0.1) is 95.9 Å². The molecule has 0 saturated heterocycles. The van der Waals surface area contributed by atoms with Gasteiger partial charge in [-0.25, -0.2) is 24.0 Å². The third-order valence-corrected chi connectivity index (χ3v) is 24.4. The molecule has 37 heteroatoms. The number of terminal acetylenes is 1. The van der Waals surface area contributed by atoms with E-state index in [1.54, 1.807) is 139 Å². The van der Waals surface area contributed by atoms with E-state index >= 15 is 0 Å². The molecule has 0 unspecified atom stereocenters. The number of aromatic carboxylic acids is 2. The van der Waals surface area contributed by atoms with Gasteiger partial charge in [-0.1, -0.05) is 112 Å². The van der Waals surface area contributed by atoms with Gasteiger partial charge in [0, 0.05) is 29.1 Å². The molecule has 0 spiro atoms. The molecule has 0 aromatic heterocycles. The summed E-state index contributed by atoms with van der Waals surface area (Å²) in [5, 5.41) is 62.4. The van der Waals surface area contributed by atoms with E-state index in [1.807, 2.05) is 109 Å². The van der Waals surface area contributed by atoms with Crippen molar-refractivity contribution in [2.75, 3.05) is 71.5 Å². The molecule has 7 amide bonds. The second-order valence-electron chi connectivity index (χ2n) is 30.5. The summed E-state index contributed by atoms with van der Waals surface area (Å²) >= 11 is 9.17. The first-order valence-corrected chi connectivity index (χ1v) is 46.2. The number of carbonyl (C=O) groups is 9. The summed E-state index contributed by atoms with van der Waals surface area (Å²) in [4.78, 5) is 101. The van der Waals surface area contributed by atoms with Crippen LogP contribution < -0.4 is 68.3 Å². The van der Waals surface area contributed by atoms with Crippen molar-refractivity contribution < 1.29 is 116 Å². The SMILES string of the molecule is C#C[C@@H](CC)NC(=O)OC(C)(C)C.CC(C)(C)[Si](C)(C)OCCBr.CC[C@H](C#Cc1c(OCCO)cccc1C(N)=O)NC(=O)OC(C)(C)C.CC[C@H](CCc1c(OCCO)cccc1C(N)=O)NC(=O)OC(C)(C)C.COc1cccc(C(=O)O)c1I.COc1cccc(C(=O)O)c1N.NC(=O)c1cccc(O)c1I.NC(=O)c1cccc(OCCO)c1I. The largest absolute Gasteiger partial charge is 0.507 e. The summed E-state index contributed by atoms with van der Waals surface area (Å²) in [6, 6.07) is 28.3. The van der Waals surface area contributed by atoms with Crippen molar-refractivity contribution >= 4 is 152 Å². The van der Waals surface area contributed by atoms with E-state index in [0.29, 0.717) is 104 Å². The lowest BCUT2D eigenvalue weighted by Crippen LogP contribution is -2.41. The van der Waals surface area contributed by atoms with E-state index in [9.17, 15) is 43.2 Å². The molecule has 0 saturated carbocycles. The second-order valence-corrected chi connectivity index (χ2v) is 39.3. The van der Waals surface area contributed by atoms with E-state index in [0.717, 1.165) is 11.9 Å². The number of nitrogen functional groups attached to an aromatic ring is 1. The number of alkyl carbamates (subject to hydrolysis) is 3. The monoisotopic (exact) mass is 2160 g/mol. The van der Waals surface area contributed by atoms with Crippen LogP contribution in [0.15, 0.2) is 109 Å². The van der Waals surface area contributed by atoms with Crippen LogP contribution in [0, 0.1) is 34.9 Å². The number of halogens is 4. The summed E-state index contributed by atoms with van der Waals surface area (Å²) < 4.78 is 49.1. The molecule has 125 heavy (non-hydrogen) atoms. The first-order chi connectivity index (χ1) is 58.2. The number of phenols is 1. The molecule has 0 radical (unpaired) electrons. The van der Waals surface area contributed by atoms with Crippen LogP contribution >= 0.6 is 83.7 Å². The van der Waals surface area contributed by atoms with Crippen molar-refractivity contribution in [3.63, 3.8) is 0 Å². The smallest absolute Gasteiger partial charge is 0.408 e. The Balaban J connectivity index is 0. The second kappa shape index (κ2) is 60.1. The lowest BCUT2D eigenvalue weighted by atomic mass is 9.97. The number of methoxy groups -OCH3 is 2. The molecule has 3 atom stereocenters. The van der Waals surface area contributed by atoms with Crippen molar-refractivity contribution in [2.45, 2.75) is 189 Å². The molecular formula is C88H124BrI3N8O24Si. The van der Waals surface area contributed by atoms with Crippen LogP contribution in [0.1, 0.15) is 203 Å². The van der Waals surface area contributed by atoms with Crippen molar-refractivity contribution in [3.8, 4) is 58.7 Å². The average Bonchev–Trinajstić information content (AvgIpc) is 0.752. The molecule has 19 N–H and O–H groups in total. The van der Waals surface area contributed by atoms with Gasteiger partial charge in [0.15, 0.2) is 8.32 Å². The number of nitrogens with two attached hydrogens (primary N) is 5. The molecule has 0 aliphatic rings. The van der Waals surface area contributed by atoms with E-state index in [-0.39, 0.29) is 79.9 Å². The maximum atomic E-state index is 12.0. The van der Waals surface area contributed by atoms with Gasteiger partial charge in [0.1, 0.15) is 71.1 Å². The Morgan fingerprint density at radius 3 is 1.26 bits per heavy atom. The fourth-order valence-electron chi connectivity index (χ4n) is 9.15. The zero-order valence-electron chi connectivity index (χ0n) is 74.3. The average molecular weight is 2170 g/mol. The maximum Gasteiger partial charge on any atom is 0.408 e. The Bertz CT molecular complexity index is 4470. The highest BCUT2D eigenvalue weighted by Crippen LogP contribution is 2.37. The maximum absolute atomic E-state index is 12.0. The van der Waals surface area contributed by atoms with Gasteiger partial charge in [-0.3, -0.25) is 19.2 Å². The quantitative estimate of drug-likeness (QED) is 0.00518. The number of aliphatic hydroxyl groups excluding tert-OH is 3. The number of primary amides is 4. The molecule has 32 nitrogen and oxygen atoms in total. The number of hydrogen-bond acceptors (Lipinski definition) is 23. The fourth-order valence-corrected chi connectivity index (χ4v) is 12.9. The molecule has 6 aromatic carbocycles. The Morgan fingerprint density at radius 1 is 0.488 bits per heavy atom. The first kappa shape index (κ1) is 117. The van der Waals surface area contributed by atoms with Crippen LogP contribution in [0.5, 0.6) is 34.5 Å². The van der Waals surface area contributed by atoms with Gasteiger partial charge in [0.25, 0.3) is 0 Å². The summed E-state index contributed by atoms with van der Waals surface area (Å²) in [7, 11) is 1.50. The van der Waals surface area contributed by atoms with Gasteiger partial charge in [-0.15, -0.1) is 6.42 Å². The molecular weight excluding hydrogens is 2040 g/mol. The number of phenolic OH excluding ortho intramolecular Hbond substituents is 1. The number of carbonyl (C=O) groups excluding carboxylic acids is 7. The number of nitrogens with one attached hydrogen (secondary N) is 3. The number of amides is 7. The van der Waals surface area contributed by atoms with Gasteiger partial charge in [0.2, 0.25) is 23.6 Å².